The van der Waals surface area contributed by atoms with Crippen molar-refractivity contribution in [2.24, 2.45) is 0 Å². The van der Waals surface area contributed by atoms with Crippen LogP contribution in [0.2, 0.25) is 0 Å². The summed E-state index contributed by atoms with van der Waals surface area (Å²) in [5.74, 6) is 2.00. The number of para-hydroxylation sites is 2. The summed E-state index contributed by atoms with van der Waals surface area (Å²) in [6, 6.07) is 25.0. The van der Waals surface area contributed by atoms with Crippen LogP contribution in [0, 0.1) is 13.8 Å². The van der Waals surface area contributed by atoms with Crippen LogP contribution in [0.4, 0.5) is 0 Å². The maximum atomic E-state index is 6.04. The van der Waals surface area contributed by atoms with Crippen molar-refractivity contribution in [3.8, 4) is 17.1 Å². The molecule has 3 nitrogen and oxygen atoms in total. The van der Waals surface area contributed by atoms with E-state index in [4.69, 9.17) is 9.72 Å². The fourth-order valence-electron chi connectivity index (χ4n) is 3.38. The van der Waals surface area contributed by atoms with Gasteiger partial charge in [-0.25, -0.2) is 4.98 Å². The van der Waals surface area contributed by atoms with Crippen LogP contribution in [0.5, 0.6) is 5.75 Å². The summed E-state index contributed by atoms with van der Waals surface area (Å²) in [4.78, 5) is 4.87. The number of aromatic nitrogens is 2. The number of hydrogen-bond acceptors (Lipinski definition) is 2. The maximum Gasteiger partial charge on any atom is 0.141 e. The van der Waals surface area contributed by atoms with Crippen LogP contribution in [0.1, 0.15) is 17.5 Å². The van der Waals surface area contributed by atoms with Gasteiger partial charge in [-0.2, -0.15) is 0 Å². The molecule has 0 aliphatic carbocycles. The molecule has 3 heteroatoms. The van der Waals surface area contributed by atoms with Crippen molar-refractivity contribution in [1.82, 2.24) is 9.55 Å². The van der Waals surface area contributed by atoms with Gasteiger partial charge < -0.3 is 9.30 Å². The average Bonchev–Trinajstić information content (AvgIpc) is 3.07. The monoisotopic (exact) mass is 356 g/mol. The Bertz CT molecular complexity index is 1050. The first kappa shape index (κ1) is 17.3. The third-order valence-corrected chi connectivity index (χ3v) is 4.81. The third kappa shape index (κ3) is 3.72. The lowest BCUT2D eigenvalue weighted by Gasteiger charge is -2.12. The first-order valence-corrected chi connectivity index (χ1v) is 9.43. The van der Waals surface area contributed by atoms with Gasteiger partial charge in [-0.15, -0.1) is 0 Å². The molecule has 3 aromatic carbocycles. The van der Waals surface area contributed by atoms with Crippen molar-refractivity contribution in [2.45, 2.75) is 26.8 Å². The van der Waals surface area contributed by atoms with Crippen molar-refractivity contribution in [1.29, 1.82) is 0 Å². The van der Waals surface area contributed by atoms with Crippen LogP contribution in [0.3, 0.4) is 0 Å². The van der Waals surface area contributed by atoms with Gasteiger partial charge >= 0.3 is 0 Å². The fraction of sp³-hybridized carbons (Fsp3) is 0.208. The number of ether oxygens (including phenoxy) is 1. The Morgan fingerprint density at radius 1 is 0.889 bits per heavy atom. The molecule has 1 aromatic heterocycles. The molecule has 0 unspecified atom stereocenters. The fourth-order valence-corrected chi connectivity index (χ4v) is 3.38. The first-order valence-electron chi connectivity index (χ1n) is 9.43. The molecule has 0 saturated carbocycles. The molecule has 1 heterocycles. The van der Waals surface area contributed by atoms with Crippen molar-refractivity contribution in [3.63, 3.8) is 0 Å². The molecule has 0 aliphatic rings. The minimum atomic E-state index is 0.686. The SMILES string of the molecule is Cc1ccc(C)c(OCCCn2c(-c3ccccc3)nc3ccccc32)c1. The maximum absolute atomic E-state index is 6.04. The van der Waals surface area contributed by atoms with Crippen LogP contribution in [0.25, 0.3) is 22.4 Å². The van der Waals surface area contributed by atoms with Gasteiger partial charge in [0, 0.05) is 12.1 Å². The minimum absolute atomic E-state index is 0.686. The topological polar surface area (TPSA) is 27.1 Å². The largest absolute Gasteiger partial charge is 0.493 e. The van der Waals surface area contributed by atoms with E-state index in [1.807, 2.05) is 12.1 Å². The lowest BCUT2D eigenvalue weighted by Crippen LogP contribution is -2.06. The number of nitrogens with zero attached hydrogens (tertiary/aromatic N) is 2. The van der Waals surface area contributed by atoms with Crippen LogP contribution < -0.4 is 4.74 Å². The van der Waals surface area contributed by atoms with Gasteiger partial charge in [0.25, 0.3) is 0 Å². The van der Waals surface area contributed by atoms with E-state index in [0.717, 1.165) is 35.6 Å². The van der Waals surface area contributed by atoms with Crippen LogP contribution >= 0.6 is 0 Å². The molecule has 27 heavy (non-hydrogen) atoms. The zero-order chi connectivity index (χ0) is 18.6. The normalized spacial score (nSPS) is 11.0. The lowest BCUT2D eigenvalue weighted by atomic mass is 10.1. The number of aryl methyl sites for hydroxylation is 3. The summed E-state index contributed by atoms with van der Waals surface area (Å²) in [6.45, 7) is 5.74. The highest BCUT2D eigenvalue weighted by Crippen LogP contribution is 2.25. The zero-order valence-corrected chi connectivity index (χ0v) is 15.9. The molecule has 0 radical (unpaired) electrons. The summed E-state index contributed by atoms with van der Waals surface area (Å²) in [5, 5.41) is 0. The van der Waals surface area contributed by atoms with E-state index in [2.05, 4.69) is 79.1 Å². The summed E-state index contributed by atoms with van der Waals surface area (Å²) >= 11 is 0. The van der Waals surface area contributed by atoms with Crippen molar-refractivity contribution < 1.29 is 4.74 Å². The predicted molar refractivity (Wildman–Crippen MR) is 111 cm³/mol. The molecule has 0 N–H and O–H groups in total. The van der Waals surface area contributed by atoms with Gasteiger partial charge in [0.15, 0.2) is 0 Å². The van der Waals surface area contributed by atoms with E-state index in [0.29, 0.717) is 6.61 Å². The molecular formula is C24H24N2O. The molecule has 0 saturated heterocycles. The second-order valence-electron chi connectivity index (χ2n) is 6.91. The lowest BCUT2D eigenvalue weighted by molar-refractivity contribution is 0.301. The van der Waals surface area contributed by atoms with Crippen molar-refractivity contribution in [2.75, 3.05) is 6.61 Å². The average molecular weight is 356 g/mol. The molecule has 0 aliphatic heterocycles. The number of hydrogen-bond donors (Lipinski definition) is 0. The highest BCUT2D eigenvalue weighted by molar-refractivity contribution is 5.80. The Labute approximate surface area is 160 Å². The third-order valence-electron chi connectivity index (χ3n) is 4.81. The molecule has 0 fully saturated rings. The Morgan fingerprint density at radius 2 is 1.67 bits per heavy atom. The molecule has 0 amide bonds. The van der Waals surface area contributed by atoms with Gasteiger partial charge in [-0.05, 0) is 49.6 Å². The molecule has 4 aromatic rings. The molecule has 0 bridgehead atoms. The molecule has 4 rings (SSSR count). The van der Waals surface area contributed by atoms with Gasteiger partial charge in [0.1, 0.15) is 11.6 Å². The van der Waals surface area contributed by atoms with Gasteiger partial charge in [0.05, 0.1) is 17.6 Å². The van der Waals surface area contributed by atoms with Crippen molar-refractivity contribution >= 4 is 11.0 Å². The van der Waals surface area contributed by atoms with Gasteiger partial charge in [-0.1, -0.05) is 54.6 Å². The minimum Gasteiger partial charge on any atom is -0.493 e. The quantitative estimate of drug-likeness (QED) is 0.409. The Hall–Kier alpha value is -3.07. The smallest absolute Gasteiger partial charge is 0.141 e. The van der Waals surface area contributed by atoms with E-state index >= 15 is 0 Å². The number of imidazole rings is 1. The Balaban J connectivity index is 1.54. The van der Waals surface area contributed by atoms with Crippen LogP contribution in [0.15, 0.2) is 72.8 Å². The first-order chi connectivity index (χ1) is 13.2. The summed E-state index contributed by atoms with van der Waals surface area (Å²) in [7, 11) is 0. The predicted octanol–water partition coefficient (Wildman–Crippen LogP) is 5.79. The summed E-state index contributed by atoms with van der Waals surface area (Å²) in [5.41, 5.74) is 5.75. The molecular weight excluding hydrogens is 332 g/mol. The number of benzene rings is 3. The van der Waals surface area contributed by atoms with Gasteiger partial charge in [-0.3, -0.25) is 0 Å². The molecule has 136 valence electrons. The highest BCUT2D eigenvalue weighted by atomic mass is 16.5. The van der Waals surface area contributed by atoms with E-state index in [-0.39, 0.29) is 0 Å². The second-order valence-corrected chi connectivity index (χ2v) is 6.91. The highest BCUT2D eigenvalue weighted by Gasteiger charge is 2.12. The number of rotatable bonds is 6. The summed E-state index contributed by atoms with van der Waals surface area (Å²) < 4.78 is 8.34. The Kier molecular flexibility index (Phi) is 4.93. The number of fused-ring (bicyclic) bond motifs is 1. The zero-order valence-electron chi connectivity index (χ0n) is 15.9. The van der Waals surface area contributed by atoms with E-state index < -0.39 is 0 Å². The van der Waals surface area contributed by atoms with Crippen LogP contribution in [-0.2, 0) is 6.54 Å². The molecule has 0 atom stereocenters. The second kappa shape index (κ2) is 7.67. The molecule has 0 spiro atoms. The summed E-state index contributed by atoms with van der Waals surface area (Å²) in [6.07, 6.45) is 0.924. The van der Waals surface area contributed by atoms with E-state index in [1.54, 1.807) is 0 Å². The van der Waals surface area contributed by atoms with E-state index in [1.165, 1.54) is 16.6 Å². The Morgan fingerprint density at radius 3 is 2.52 bits per heavy atom. The standard InChI is InChI=1S/C24H24N2O/c1-18-13-14-19(2)23(17-18)27-16-8-15-26-22-12-7-6-11-21(22)25-24(26)20-9-4-3-5-10-20/h3-7,9-14,17H,8,15-16H2,1-2H3. The van der Waals surface area contributed by atoms with Gasteiger partial charge in [0.2, 0.25) is 0 Å². The van der Waals surface area contributed by atoms with E-state index in [9.17, 15) is 0 Å². The van der Waals surface area contributed by atoms with Crippen LogP contribution in [-0.4, -0.2) is 16.2 Å². The van der Waals surface area contributed by atoms with Crippen molar-refractivity contribution in [3.05, 3.63) is 83.9 Å².